The van der Waals surface area contributed by atoms with Gasteiger partial charge in [0.1, 0.15) is 11.6 Å². The lowest BCUT2D eigenvalue weighted by molar-refractivity contribution is -0.116. The summed E-state index contributed by atoms with van der Waals surface area (Å²) in [5, 5.41) is 15.7. The van der Waals surface area contributed by atoms with E-state index in [4.69, 9.17) is 0 Å². The van der Waals surface area contributed by atoms with Crippen molar-refractivity contribution in [2.75, 3.05) is 23.3 Å². The Bertz CT molecular complexity index is 843. The third-order valence-corrected chi connectivity index (χ3v) is 3.91. The normalized spacial score (nSPS) is 10.8. The van der Waals surface area contributed by atoms with Crippen molar-refractivity contribution in [3.63, 3.8) is 0 Å². The Morgan fingerprint density at radius 1 is 1.16 bits per heavy atom. The van der Waals surface area contributed by atoms with Crippen LogP contribution in [0, 0.1) is 0 Å². The first-order valence-corrected chi connectivity index (χ1v) is 8.38. The monoisotopic (exact) mass is 339 g/mol. The summed E-state index contributed by atoms with van der Waals surface area (Å²) in [6.07, 6.45) is 2.38. The Hall–Kier alpha value is -3.03. The van der Waals surface area contributed by atoms with Crippen LogP contribution in [0.15, 0.2) is 36.5 Å². The van der Waals surface area contributed by atoms with Crippen LogP contribution in [0.4, 0.5) is 11.6 Å². The highest BCUT2D eigenvalue weighted by molar-refractivity contribution is 5.89. The number of aromatic nitrogens is 5. The van der Waals surface area contributed by atoms with Gasteiger partial charge in [-0.3, -0.25) is 4.79 Å². The van der Waals surface area contributed by atoms with E-state index >= 15 is 0 Å². The largest absolute Gasteiger partial charge is 0.356 e. The van der Waals surface area contributed by atoms with Gasteiger partial charge in [-0.2, -0.15) is 4.52 Å². The number of anilines is 2. The number of hydrogen-bond donors (Lipinski definition) is 1. The van der Waals surface area contributed by atoms with Gasteiger partial charge in [-0.05, 0) is 38.1 Å². The van der Waals surface area contributed by atoms with Crippen LogP contribution in [0.1, 0.15) is 26.1 Å². The number of nitrogens with zero attached hydrogens (tertiary/aromatic N) is 6. The predicted molar refractivity (Wildman–Crippen MR) is 95.5 cm³/mol. The van der Waals surface area contributed by atoms with E-state index in [0.29, 0.717) is 23.7 Å². The third-order valence-electron chi connectivity index (χ3n) is 3.91. The first-order chi connectivity index (χ1) is 12.2. The molecule has 3 aromatic heterocycles. The minimum Gasteiger partial charge on any atom is -0.356 e. The number of carbonyl (C=O) groups is 1. The Balaban J connectivity index is 1.70. The molecule has 130 valence electrons. The molecule has 0 fully saturated rings. The Morgan fingerprint density at radius 3 is 2.72 bits per heavy atom. The number of amides is 1. The van der Waals surface area contributed by atoms with Gasteiger partial charge in [-0.1, -0.05) is 6.07 Å². The molecule has 8 nitrogen and oxygen atoms in total. The fraction of sp³-hybridized carbons (Fsp3) is 0.353. The van der Waals surface area contributed by atoms with Crippen LogP contribution in [-0.2, 0) is 11.2 Å². The highest BCUT2D eigenvalue weighted by Gasteiger charge is 2.12. The maximum Gasteiger partial charge on any atom is 0.225 e. The van der Waals surface area contributed by atoms with Crippen molar-refractivity contribution in [1.29, 1.82) is 0 Å². The van der Waals surface area contributed by atoms with Gasteiger partial charge in [0.2, 0.25) is 5.91 Å². The summed E-state index contributed by atoms with van der Waals surface area (Å²) in [5.74, 6) is 1.97. The van der Waals surface area contributed by atoms with E-state index < -0.39 is 0 Å². The Labute approximate surface area is 145 Å². The van der Waals surface area contributed by atoms with E-state index in [0.717, 1.165) is 18.9 Å². The number of hydrogen-bond acceptors (Lipinski definition) is 6. The van der Waals surface area contributed by atoms with Gasteiger partial charge in [0.05, 0.1) is 0 Å². The highest BCUT2D eigenvalue weighted by Crippen LogP contribution is 2.13. The third kappa shape index (κ3) is 3.90. The van der Waals surface area contributed by atoms with Gasteiger partial charge in [0, 0.05) is 32.1 Å². The van der Waals surface area contributed by atoms with E-state index in [1.807, 2.05) is 18.2 Å². The van der Waals surface area contributed by atoms with Gasteiger partial charge in [0.15, 0.2) is 11.5 Å². The van der Waals surface area contributed by atoms with Crippen molar-refractivity contribution in [2.24, 2.45) is 0 Å². The number of pyridine rings is 1. The summed E-state index contributed by atoms with van der Waals surface area (Å²) >= 11 is 0. The summed E-state index contributed by atoms with van der Waals surface area (Å²) in [6, 6.07) is 9.21. The summed E-state index contributed by atoms with van der Waals surface area (Å²) in [7, 11) is 0. The molecule has 0 aliphatic carbocycles. The molecular weight excluding hydrogens is 318 g/mol. The van der Waals surface area contributed by atoms with Gasteiger partial charge in [0.25, 0.3) is 0 Å². The van der Waals surface area contributed by atoms with Crippen molar-refractivity contribution in [3.8, 4) is 0 Å². The zero-order valence-electron chi connectivity index (χ0n) is 14.4. The van der Waals surface area contributed by atoms with Crippen LogP contribution in [-0.4, -0.2) is 43.8 Å². The second-order valence-corrected chi connectivity index (χ2v) is 5.51. The molecule has 0 unspecified atom stereocenters. The molecule has 0 saturated carbocycles. The van der Waals surface area contributed by atoms with E-state index in [1.165, 1.54) is 0 Å². The summed E-state index contributed by atoms with van der Waals surface area (Å²) < 4.78 is 1.71. The number of fused-ring (bicyclic) bond motifs is 1. The fourth-order valence-corrected chi connectivity index (χ4v) is 2.56. The van der Waals surface area contributed by atoms with Crippen LogP contribution in [0.3, 0.4) is 0 Å². The topological polar surface area (TPSA) is 88.3 Å². The molecule has 3 rings (SSSR count). The van der Waals surface area contributed by atoms with Crippen molar-refractivity contribution in [2.45, 2.75) is 26.7 Å². The van der Waals surface area contributed by atoms with Gasteiger partial charge < -0.3 is 10.2 Å². The van der Waals surface area contributed by atoms with E-state index in [-0.39, 0.29) is 12.3 Å². The fourth-order valence-electron chi connectivity index (χ4n) is 2.56. The second kappa shape index (κ2) is 7.69. The highest BCUT2D eigenvalue weighted by atomic mass is 16.1. The van der Waals surface area contributed by atoms with E-state index in [2.05, 4.69) is 44.3 Å². The minimum atomic E-state index is -0.115. The Morgan fingerprint density at radius 2 is 2.00 bits per heavy atom. The summed E-state index contributed by atoms with van der Waals surface area (Å²) in [6.45, 7) is 5.92. The lowest BCUT2D eigenvalue weighted by atomic mass is 10.3. The van der Waals surface area contributed by atoms with E-state index in [9.17, 15) is 4.79 Å². The zero-order valence-corrected chi connectivity index (χ0v) is 14.4. The average Bonchev–Trinajstić information content (AvgIpc) is 3.04. The molecule has 0 aromatic carbocycles. The molecule has 3 aromatic rings. The predicted octanol–water partition coefficient (Wildman–Crippen LogP) is 1.94. The first kappa shape index (κ1) is 16.8. The first-order valence-electron chi connectivity index (χ1n) is 8.38. The molecule has 3 heterocycles. The molecule has 8 heteroatoms. The molecule has 0 aliphatic heterocycles. The number of aryl methyl sites for hydroxylation is 1. The maximum atomic E-state index is 12.1. The van der Waals surface area contributed by atoms with E-state index in [1.54, 1.807) is 22.8 Å². The van der Waals surface area contributed by atoms with Gasteiger partial charge >= 0.3 is 0 Å². The van der Waals surface area contributed by atoms with Crippen molar-refractivity contribution >= 4 is 23.2 Å². The summed E-state index contributed by atoms with van der Waals surface area (Å²) in [4.78, 5) is 18.3. The average molecular weight is 339 g/mol. The van der Waals surface area contributed by atoms with Crippen LogP contribution in [0.5, 0.6) is 0 Å². The van der Waals surface area contributed by atoms with Crippen molar-refractivity contribution in [3.05, 3.63) is 42.4 Å². The maximum absolute atomic E-state index is 12.1. The smallest absolute Gasteiger partial charge is 0.225 e. The molecule has 0 atom stereocenters. The van der Waals surface area contributed by atoms with Gasteiger partial charge in [-0.25, -0.2) is 4.98 Å². The van der Waals surface area contributed by atoms with Crippen LogP contribution in [0.25, 0.3) is 5.65 Å². The van der Waals surface area contributed by atoms with Crippen LogP contribution >= 0.6 is 0 Å². The lowest BCUT2D eigenvalue weighted by Gasteiger charge is -2.19. The number of carbonyl (C=O) groups excluding carboxylic acids is 1. The van der Waals surface area contributed by atoms with Crippen molar-refractivity contribution in [1.82, 2.24) is 24.8 Å². The molecule has 0 aliphatic rings. The Kier molecular flexibility index (Phi) is 5.17. The molecule has 25 heavy (non-hydrogen) atoms. The quantitative estimate of drug-likeness (QED) is 0.708. The SMILES string of the molecule is CCN(CC)c1ccc2nnc(CCC(=O)Nc3ccccn3)n2n1. The summed E-state index contributed by atoms with van der Waals surface area (Å²) in [5.41, 5.74) is 0.677. The van der Waals surface area contributed by atoms with Gasteiger partial charge in [-0.15, -0.1) is 15.3 Å². The minimum absolute atomic E-state index is 0.115. The molecule has 0 bridgehead atoms. The van der Waals surface area contributed by atoms with Crippen molar-refractivity contribution < 1.29 is 4.79 Å². The standard InChI is InChI=1S/C17H21N7O/c1-3-23(4-2)16-9-8-14-20-21-15(24(14)22-16)10-11-17(25)19-13-7-5-6-12-18-13/h5-9,12H,3-4,10-11H2,1-2H3,(H,18,19,25). The molecule has 0 radical (unpaired) electrons. The molecule has 1 amide bonds. The number of rotatable bonds is 7. The molecular formula is C17H21N7O. The van der Waals surface area contributed by atoms with Crippen LogP contribution < -0.4 is 10.2 Å². The molecule has 0 saturated heterocycles. The van der Waals surface area contributed by atoms with Crippen LogP contribution in [0.2, 0.25) is 0 Å². The second-order valence-electron chi connectivity index (χ2n) is 5.51. The molecule has 0 spiro atoms. The molecule has 1 N–H and O–H groups in total. The number of nitrogens with one attached hydrogen (secondary N) is 1. The zero-order chi connectivity index (χ0) is 17.6. The lowest BCUT2D eigenvalue weighted by Crippen LogP contribution is -2.23.